The molecule has 2 aromatic heterocycles. The van der Waals surface area contributed by atoms with E-state index in [4.69, 9.17) is 9.47 Å². The molecule has 1 aliphatic heterocycles. The summed E-state index contributed by atoms with van der Waals surface area (Å²) in [6, 6.07) is 13.1. The number of hydrogen-bond acceptors (Lipinski definition) is 7. The molecule has 3 atom stereocenters. The molecular formula is C28H34N4O4. The van der Waals surface area contributed by atoms with Crippen molar-refractivity contribution < 1.29 is 19.4 Å². The van der Waals surface area contributed by atoms with Crippen molar-refractivity contribution in [1.82, 2.24) is 19.8 Å². The first-order valence-corrected chi connectivity index (χ1v) is 12.2. The van der Waals surface area contributed by atoms with Crippen LogP contribution < -0.4 is 9.47 Å². The summed E-state index contributed by atoms with van der Waals surface area (Å²) in [5, 5.41) is 9.90. The van der Waals surface area contributed by atoms with Gasteiger partial charge in [0.15, 0.2) is 0 Å². The quantitative estimate of drug-likeness (QED) is 0.517. The van der Waals surface area contributed by atoms with E-state index >= 15 is 0 Å². The highest BCUT2D eigenvalue weighted by atomic mass is 16.5. The van der Waals surface area contributed by atoms with Crippen molar-refractivity contribution in [2.75, 3.05) is 33.9 Å². The van der Waals surface area contributed by atoms with Crippen LogP contribution in [0.15, 0.2) is 61.1 Å². The number of aromatic nitrogens is 2. The zero-order valence-electron chi connectivity index (χ0n) is 21.3. The minimum Gasteiger partial charge on any atom is -0.497 e. The van der Waals surface area contributed by atoms with Gasteiger partial charge in [0.25, 0.3) is 5.91 Å². The summed E-state index contributed by atoms with van der Waals surface area (Å²) in [5.41, 5.74) is 3.24. The van der Waals surface area contributed by atoms with Crippen LogP contribution in [0.4, 0.5) is 0 Å². The van der Waals surface area contributed by atoms with E-state index in [-0.39, 0.29) is 30.6 Å². The van der Waals surface area contributed by atoms with E-state index in [0.717, 1.165) is 29.0 Å². The van der Waals surface area contributed by atoms with Crippen LogP contribution in [0.3, 0.4) is 0 Å². The van der Waals surface area contributed by atoms with Gasteiger partial charge < -0.3 is 19.5 Å². The molecule has 0 radical (unpaired) electrons. The largest absolute Gasteiger partial charge is 0.497 e. The van der Waals surface area contributed by atoms with Crippen LogP contribution in [-0.2, 0) is 6.54 Å². The first kappa shape index (κ1) is 25.6. The molecule has 1 aliphatic rings. The van der Waals surface area contributed by atoms with Crippen molar-refractivity contribution in [3.05, 3.63) is 72.2 Å². The number of aliphatic hydroxyl groups is 1. The van der Waals surface area contributed by atoms with Crippen LogP contribution in [0.2, 0.25) is 0 Å². The maximum atomic E-state index is 13.7. The fraction of sp³-hybridized carbons (Fsp3) is 0.393. The Kier molecular flexibility index (Phi) is 8.18. The van der Waals surface area contributed by atoms with Crippen molar-refractivity contribution in [1.29, 1.82) is 0 Å². The SMILES string of the molecule is COc1cccc(-c2cnc3c(c2)C(=O)N([C@@H](C)CO)C[C@@H](C)[C@H](CN(C)Cc2ccncc2)O3)c1. The highest BCUT2D eigenvalue weighted by Crippen LogP contribution is 2.31. The third kappa shape index (κ3) is 5.83. The van der Waals surface area contributed by atoms with E-state index in [1.165, 1.54) is 0 Å². The first-order valence-electron chi connectivity index (χ1n) is 12.2. The van der Waals surface area contributed by atoms with Crippen LogP contribution in [-0.4, -0.2) is 76.8 Å². The van der Waals surface area contributed by atoms with E-state index in [0.29, 0.717) is 24.5 Å². The van der Waals surface area contributed by atoms with Gasteiger partial charge >= 0.3 is 0 Å². The lowest BCUT2D eigenvalue weighted by Crippen LogP contribution is -2.49. The van der Waals surface area contributed by atoms with Crippen LogP contribution in [0.25, 0.3) is 11.1 Å². The number of methoxy groups -OCH3 is 1. The lowest BCUT2D eigenvalue weighted by molar-refractivity contribution is 0.0325. The first-order chi connectivity index (χ1) is 17.4. The van der Waals surface area contributed by atoms with Crippen LogP contribution in [0.5, 0.6) is 11.6 Å². The number of amides is 1. The Hall–Kier alpha value is -3.49. The van der Waals surface area contributed by atoms with E-state index in [2.05, 4.69) is 28.8 Å². The monoisotopic (exact) mass is 490 g/mol. The third-order valence-corrected chi connectivity index (χ3v) is 6.62. The molecule has 4 rings (SSSR count). The Labute approximate surface area is 212 Å². The molecule has 0 bridgehead atoms. The number of likely N-dealkylation sites (N-methyl/N-ethyl adjacent to an activating group) is 1. The molecule has 8 nitrogen and oxygen atoms in total. The van der Waals surface area contributed by atoms with Gasteiger partial charge in [0.1, 0.15) is 17.4 Å². The summed E-state index contributed by atoms with van der Waals surface area (Å²) in [6.07, 6.45) is 5.10. The molecule has 3 heterocycles. The van der Waals surface area contributed by atoms with Crippen molar-refractivity contribution >= 4 is 5.91 Å². The van der Waals surface area contributed by atoms with Crippen LogP contribution >= 0.6 is 0 Å². The van der Waals surface area contributed by atoms with Crippen LogP contribution in [0.1, 0.15) is 29.8 Å². The maximum absolute atomic E-state index is 13.7. The number of fused-ring (bicyclic) bond motifs is 1. The Bertz CT molecular complexity index is 1170. The number of benzene rings is 1. The second-order valence-corrected chi connectivity index (χ2v) is 9.48. The second kappa shape index (κ2) is 11.5. The van der Waals surface area contributed by atoms with Gasteiger partial charge in [0.2, 0.25) is 5.88 Å². The van der Waals surface area contributed by atoms with E-state index in [1.54, 1.807) is 30.6 Å². The normalized spacial score (nSPS) is 18.7. The van der Waals surface area contributed by atoms with Crippen molar-refractivity contribution in [2.45, 2.75) is 32.5 Å². The highest BCUT2D eigenvalue weighted by molar-refractivity contribution is 5.98. The van der Waals surface area contributed by atoms with Gasteiger partial charge in [-0.1, -0.05) is 19.1 Å². The zero-order chi connectivity index (χ0) is 25.7. The number of hydrogen-bond donors (Lipinski definition) is 1. The molecule has 0 fully saturated rings. The summed E-state index contributed by atoms with van der Waals surface area (Å²) in [5.74, 6) is 0.870. The average Bonchev–Trinajstić information content (AvgIpc) is 2.90. The van der Waals surface area contributed by atoms with Gasteiger partial charge in [-0.3, -0.25) is 14.7 Å². The zero-order valence-corrected chi connectivity index (χ0v) is 21.3. The molecule has 1 amide bonds. The predicted molar refractivity (Wildman–Crippen MR) is 138 cm³/mol. The van der Waals surface area contributed by atoms with Gasteiger partial charge in [0.05, 0.1) is 19.8 Å². The lowest BCUT2D eigenvalue weighted by atomic mass is 9.99. The van der Waals surface area contributed by atoms with Crippen molar-refractivity contribution in [3.63, 3.8) is 0 Å². The van der Waals surface area contributed by atoms with Gasteiger partial charge in [-0.2, -0.15) is 0 Å². The molecule has 1 aromatic carbocycles. The van der Waals surface area contributed by atoms with E-state index in [1.807, 2.05) is 49.4 Å². The summed E-state index contributed by atoms with van der Waals surface area (Å²) >= 11 is 0. The smallest absolute Gasteiger partial charge is 0.259 e. The molecule has 190 valence electrons. The van der Waals surface area contributed by atoms with Gasteiger partial charge in [-0.05, 0) is 55.4 Å². The molecule has 0 saturated heterocycles. The standard InChI is InChI=1S/C28H34N4O4/c1-19-15-32(20(2)18-33)28(34)25-13-23(22-6-5-7-24(12-22)35-4)14-30-27(25)36-26(19)17-31(3)16-21-8-10-29-11-9-21/h5-14,19-20,26,33H,15-18H2,1-4H3/t19-,20+,26+/m1/s1. The summed E-state index contributed by atoms with van der Waals surface area (Å²) in [4.78, 5) is 26.3. The minimum atomic E-state index is -0.332. The molecular weight excluding hydrogens is 456 g/mol. The Morgan fingerprint density at radius 2 is 2.00 bits per heavy atom. The molecule has 8 heteroatoms. The number of aliphatic hydroxyl groups excluding tert-OH is 1. The van der Waals surface area contributed by atoms with Gasteiger partial charge in [-0.15, -0.1) is 0 Å². The lowest BCUT2D eigenvalue weighted by Gasteiger charge is -2.37. The van der Waals surface area contributed by atoms with E-state index < -0.39 is 0 Å². The number of ether oxygens (including phenoxy) is 2. The number of pyridine rings is 2. The Morgan fingerprint density at radius 1 is 1.22 bits per heavy atom. The second-order valence-electron chi connectivity index (χ2n) is 9.48. The predicted octanol–water partition coefficient (Wildman–Crippen LogP) is 3.50. The molecule has 0 unspecified atom stereocenters. The molecule has 1 N–H and O–H groups in total. The summed E-state index contributed by atoms with van der Waals surface area (Å²) < 4.78 is 11.8. The number of carbonyl (C=O) groups excluding carboxylic acids is 1. The summed E-state index contributed by atoms with van der Waals surface area (Å²) in [7, 11) is 3.67. The van der Waals surface area contributed by atoms with Gasteiger partial charge in [0, 0.05) is 49.7 Å². The number of carbonyl (C=O) groups is 1. The fourth-order valence-corrected chi connectivity index (χ4v) is 4.45. The van der Waals surface area contributed by atoms with Crippen LogP contribution in [0, 0.1) is 5.92 Å². The number of rotatable bonds is 8. The maximum Gasteiger partial charge on any atom is 0.259 e. The third-order valence-electron chi connectivity index (χ3n) is 6.62. The van der Waals surface area contributed by atoms with Gasteiger partial charge in [-0.25, -0.2) is 4.98 Å². The molecule has 0 aliphatic carbocycles. The topological polar surface area (TPSA) is 88.0 Å². The van der Waals surface area contributed by atoms with Crippen molar-refractivity contribution in [3.8, 4) is 22.8 Å². The average molecular weight is 491 g/mol. The minimum absolute atomic E-state index is 0.0239. The van der Waals surface area contributed by atoms with Crippen molar-refractivity contribution in [2.24, 2.45) is 5.92 Å². The molecule has 0 saturated carbocycles. The Balaban J connectivity index is 1.66. The molecule has 36 heavy (non-hydrogen) atoms. The molecule has 3 aromatic rings. The Morgan fingerprint density at radius 3 is 2.72 bits per heavy atom. The fourth-order valence-electron chi connectivity index (χ4n) is 4.45. The number of nitrogens with zero attached hydrogens (tertiary/aromatic N) is 4. The summed E-state index contributed by atoms with van der Waals surface area (Å²) in [6.45, 7) is 5.68. The highest BCUT2D eigenvalue weighted by Gasteiger charge is 2.34. The van der Waals surface area contributed by atoms with E-state index in [9.17, 15) is 9.90 Å². The molecule has 0 spiro atoms.